The van der Waals surface area contributed by atoms with Gasteiger partial charge < -0.3 is 14.6 Å². The van der Waals surface area contributed by atoms with Gasteiger partial charge >= 0.3 is 5.97 Å². The Kier molecular flexibility index (Phi) is 2.91. The summed E-state index contributed by atoms with van der Waals surface area (Å²) in [4.78, 5) is 14.5. The van der Waals surface area contributed by atoms with Crippen LogP contribution >= 0.6 is 11.3 Å². The van der Waals surface area contributed by atoms with Gasteiger partial charge in [0.15, 0.2) is 6.61 Å². The number of carboxylic acids is 1. The molecule has 0 fully saturated rings. The average molecular weight is 239 g/mol. The highest BCUT2D eigenvalue weighted by Gasteiger charge is 2.06. The van der Waals surface area contributed by atoms with Crippen molar-refractivity contribution in [1.82, 2.24) is 4.98 Å². The summed E-state index contributed by atoms with van der Waals surface area (Å²) in [7, 11) is 1.56. The van der Waals surface area contributed by atoms with Crippen LogP contribution in [-0.2, 0) is 4.79 Å². The summed E-state index contributed by atoms with van der Waals surface area (Å²) in [6.45, 7) is -0.346. The van der Waals surface area contributed by atoms with E-state index in [4.69, 9.17) is 14.6 Å². The van der Waals surface area contributed by atoms with Crippen LogP contribution in [0.1, 0.15) is 0 Å². The Morgan fingerprint density at radius 3 is 3.06 bits per heavy atom. The maximum Gasteiger partial charge on any atom is 0.341 e. The second kappa shape index (κ2) is 4.36. The van der Waals surface area contributed by atoms with Gasteiger partial charge in [0, 0.05) is 0 Å². The van der Waals surface area contributed by atoms with Gasteiger partial charge in [0.2, 0.25) is 0 Å². The normalized spacial score (nSPS) is 10.3. The average Bonchev–Trinajstić information content (AvgIpc) is 2.68. The van der Waals surface area contributed by atoms with Crippen LogP contribution in [0.2, 0.25) is 0 Å². The van der Waals surface area contributed by atoms with Gasteiger partial charge in [0.05, 0.1) is 17.3 Å². The van der Waals surface area contributed by atoms with Gasteiger partial charge in [0.1, 0.15) is 5.75 Å². The number of nitrogens with zero attached hydrogens (tertiary/aromatic N) is 1. The molecule has 2 rings (SSSR count). The van der Waals surface area contributed by atoms with Crippen molar-refractivity contribution in [3.63, 3.8) is 0 Å². The maximum atomic E-state index is 10.3. The summed E-state index contributed by atoms with van der Waals surface area (Å²) in [5, 5.41) is 9.05. The van der Waals surface area contributed by atoms with E-state index in [2.05, 4.69) is 4.98 Å². The van der Waals surface area contributed by atoms with E-state index in [-0.39, 0.29) is 6.61 Å². The minimum atomic E-state index is -0.998. The highest BCUT2D eigenvalue weighted by Crippen LogP contribution is 2.30. The molecular weight excluding hydrogens is 230 g/mol. The molecule has 0 aliphatic heterocycles. The molecule has 0 saturated heterocycles. The first-order valence-corrected chi connectivity index (χ1v) is 5.30. The van der Waals surface area contributed by atoms with Crippen molar-refractivity contribution in [3.8, 4) is 10.9 Å². The third-order valence-electron chi connectivity index (χ3n) is 1.88. The van der Waals surface area contributed by atoms with Crippen molar-refractivity contribution in [1.29, 1.82) is 0 Å². The number of ether oxygens (including phenoxy) is 2. The number of carbonyl (C=O) groups is 1. The maximum absolute atomic E-state index is 10.3. The lowest BCUT2D eigenvalue weighted by Crippen LogP contribution is -2.09. The Labute approximate surface area is 95.3 Å². The zero-order valence-corrected chi connectivity index (χ0v) is 9.28. The molecule has 1 aromatic carbocycles. The fourth-order valence-corrected chi connectivity index (χ4v) is 2.01. The van der Waals surface area contributed by atoms with Crippen LogP contribution < -0.4 is 9.47 Å². The molecule has 5 nitrogen and oxygen atoms in total. The zero-order chi connectivity index (χ0) is 11.5. The van der Waals surface area contributed by atoms with Crippen LogP contribution in [0.4, 0.5) is 0 Å². The first-order valence-electron chi connectivity index (χ1n) is 4.48. The number of aromatic nitrogens is 1. The first kappa shape index (κ1) is 10.7. The molecule has 0 unspecified atom stereocenters. The van der Waals surface area contributed by atoms with E-state index in [1.165, 1.54) is 11.3 Å². The number of carboxylic acid groups (broad SMARTS) is 1. The van der Waals surface area contributed by atoms with Crippen molar-refractivity contribution in [2.75, 3.05) is 13.7 Å². The van der Waals surface area contributed by atoms with E-state index in [1.807, 2.05) is 0 Å². The zero-order valence-electron chi connectivity index (χ0n) is 8.47. The van der Waals surface area contributed by atoms with E-state index < -0.39 is 5.97 Å². The number of rotatable bonds is 4. The number of fused-ring (bicyclic) bond motifs is 1. The third-order valence-corrected chi connectivity index (χ3v) is 2.86. The quantitative estimate of drug-likeness (QED) is 0.880. The number of thiazole rings is 1. The van der Waals surface area contributed by atoms with Crippen molar-refractivity contribution in [3.05, 3.63) is 18.2 Å². The van der Waals surface area contributed by atoms with Crippen LogP contribution in [0, 0.1) is 0 Å². The van der Waals surface area contributed by atoms with Crippen LogP contribution in [0.5, 0.6) is 10.9 Å². The van der Waals surface area contributed by atoms with E-state index >= 15 is 0 Å². The Morgan fingerprint density at radius 2 is 2.38 bits per heavy atom. The van der Waals surface area contributed by atoms with Gasteiger partial charge in [-0.3, -0.25) is 0 Å². The summed E-state index contributed by atoms with van der Waals surface area (Å²) < 4.78 is 11.0. The molecule has 0 atom stereocenters. The Morgan fingerprint density at radius 1 is 1.56 bits per heavy atom. The SMILES string of the molecule is COc1nc2ccc(OCC(=O)O)cc2s1. The minimum Gasteiger partial charge on any atom is -0.482 e. The first-order chi connectivity index (χ1) is 7.69. The molecule has 0 bridgehead atoms. The molecule has 84 valence electrons. The third kappa shape index (κ3) is 2.22. The van der Waals surface area contributed by atoms with E-state index in [0.29, 0.717) is 10.9 Å². The predicted octanol–water partition coefficient (Wildman–Crippen LogP) is 1.77. The second-order valence-corrected chi connectivity index (χ2v) is 3.99. The summed E-state index contributed by atoms with van der Waals surface area (Å²) in [5.74, 6) is -0.483. The number of hydrogen-bond donors (Lipinski definition) is 1. The van der Waals surface area contributed by atoms with Gasteiger partial charge in [-0.05, 0) is 18.2 Å². The van der Waals surface area contributed by atoms with Gasteiger partial charge in [-0.2, -0.15) is 0 Å². The molecular formula is C10H9NO4S. The molecule has 0 aliphatic rings. The highest BCUT2D eigenvalue weighted by atomic mass is 32.1. The molecule has 16 heavy (non-hydrogen) atoms. The van der Waals surface area contributed by atoms with Crippen molar-refractivity contribution >= 4 is 27.5 Å². The minimum absolute atomic E-state index is 0.346. The molecule has 0 spiro atoms. The second-order valence-electron chi connectivity index (χ2n) is 3.00. The van der Waals surface area contributed by atoms with Crippen LogP contribution in [0.15, 0.2) is 18.2 Å². The number of benzene rings is 1. The molecule has 1 N–H and O–H groups in total. The molecule has 0 saturated carbocycles. The molecule has 0 radical (unpaired) electrons. The number of hydrogen-bond acceptors (Lipinski definition) is 5. The summed E-state index contributed by atoms with van der Waals surface area (Å²) in [5.41, 5.74) is 0.810. The number of aliphatic carboxylic acids is 1. The summed E-state index contributed by atoms with van der Waals surface area (Å²) in [6, 6.07) is 5.20. The van der Waals surface area contributed by atoms with Crippen LogP contribution in [0.3, 0.4) is 0 Å². The van der Waals surface area contributed by atoms with Gasteiger partial charge in [-0.1, -0.05) is 11.3 Å². The predicted molar refractivity (Wildman–Crippen MR) is 59.3 cm³/mol. The van der Waals surface area contributed by atoms with Crippen molar-refractivity contribution < 1.29 is 19.4 Å². The smallest absolute Gasteiger partial charge is 0.341 e. The van der Waals surface area contributed by atoms with E-state index in [9.17, 15) is 4.79 Å². The van der Waals surface area contributed by atoms with Crippen molar-refractivity contribution in [2.24, 2.45) is 0 Å². The Hall–Kier alpha value is -1.82. The summed E-state index contributed by atoms with van der Waals surface area (Å²) in [6.07, 6.45) is 0. The lowest BCUT2D eigenvalue weighted by molar-refractivity contribution is -0.139. The standard InChI is InChI=1S/C10H9NO4S/c1-14-10-11-7-3-2-6(4-8(7)16-10)15-5-9(12)13/h2-4H,5H2,1H3,(H,12,13). The van der Waals surface area contributed by atoms with E-state index in [0.717, 1.165) is 10.2 Å². The van der Waals surface area contributed by atoms with Gasteiger partial charge in [-0.15, -0.1) is 0 Å². The topological polar surface area (TPSA) is 68.7 Å². The molecule has 0 amide bonds. The molecule has 2 aromatic rings. The largest absolute Gasteiger partial charge is 0.482 e. The lowest BCUT2D eigenvalue weighted by atomic mass is 10.3. The van der Waals surface area contributed by atoms with E-state index in [1.54, 1.807) is 25.3 Å². The number of methoxy groups -OCH3 is 1. The van der Waals surface area contributed by atoms with Gasteiger partial charge in [0.25, 0.3) is 5.19 Å². The fourth-order valence-electron chi connectivity index (χ4n) is 1.21. The van der Waals surface area contributed by atoms with Crippen LogP contribution in [0.25, 0.3) is 10.2 Å². The molecule has 1 heterocycles. The molecule has 6 heteroatoms. The van der Waals surface area contributed by atoms with Crippen LogP contribution in [-0.4, -0.2) is 29.8 Å². The highest BCUT2D eigenvalue weighted by molar-refractivity contribution is 7.20. The molecule has 0 aliphatic carbocycles. The Balaban J connectivity index is 2.25. The van der Waals surface area contributed by atoms with Gasteiger partial charge in [-0.25, -0.2) is 9.78 Å². The lowest BCUT2D eigenvalue weighted by Gasteiger charge is -2.01. The Bertz CT molecular complexity index is 523. The fraction of sp³-hybridized carbons (Fsp3) is 0.200. The summed E-state index contributed by atoms with van der Waals surface area (Å²) >= 11 is 1.38. The monoisotopic (exact) mass is 239 g/mol. The molecule has 1 aromatic heterocycles. The van der Waals surface area contributed by atoms with Crippen molar-refractivity contribution in [2.45, 2.75) is 0 Å².